The Morgan fingerprint density at radius 1 is 1.03 bits per heavy atom. The molecule has 7 nitrogen and oxygen atoms in total. The molecule has 7 heteroatoms. The molecular formula is C24H28N2O5. The maximum atomic E-state index is 12.5. The number of carbonyl (C=O) groups is 3. The van der Waals surface area contributed by atoms with Gasteiger partial charge in [-0.1, -0.05) is 61.9 Å². The molecule has 0 spiro atoms. The normalized spacial score (nSPS) is 13.6. The molecule has 3 N–H and O–H groups in total. The van der Waals surface area contributed by atoms with E-state index in [0.29, 0.717) is 12.8 Å². The summed E-state index contributed by atoms with van der Waals surface area (Å²) < 4.78 is 5.50. The predicted octanol–water partition coefficient (Wildman–Crippen LogP) is 3.67. The summed E-state index contributed by atoms with van der Waals surface area (Å²) in [4.78, 5) is 36.3. The van der Waals surface area contributed by atoms with Gasteiger partial charge in [0.2, 0.25) is 5.91 Å². The summed E-state index contributed by atoms with van der Waals surface area (Å²) >= 11 is 0. The molecule has 0 fully saturated rings. The van der Waals surface area contributed by atoms with Gasteiger partial charge in [0.05, 0.1) is 0 Å². The minimum atomic E-state index is -1.44. The van der Waals surface area contributed by atoms with E-state index < -0.39 is 29.6 Å². The van der Waals surface area contributed by atoms with E-state index >= 15 is 0 Å². The fourth-order valence-corrected chi connectivity index (χ4v) is 3.79. The van der Waals surface area contributed by atoms with Gasteiger partial charge in [-0.15, -0.1) is 0 Å². The van der Waals surface area contributed by atoms with E-state index in [1.807, 2.05) is 43.3 Å². The number of hydrogen-bond acceptors (Lipinski definition) is 4. The van der Waals surface area contributed by atoms with Crippen LogP contribution in [0, 0.1) is 0 Å². The number of nitrogens with one attached hydrogen (secondary N) is 2. The van der Waals surface area contributed by atoms with Gasteiger partial charge in [0, 0.05) is 5.92 Å². The minimum absolute atomic E-state index is 0.0810. The Morgan fingerprint density at radius 2 is 1.58 bits per heavy atom. The first-order valence-corrected chi connectivity index (χ1v) is 10.4. The van der Waals surface area contributed by atoms with Gasteiger partial charge in [-0.3, -0.25) is 4.79 Å². The Kier molecular flexibility index (Phi) is 6.63. The van der Waals surface area contributed by atoms with Gasteiger partial charge >= 0.3 is 12.1 Å². The highest BCUT2D eigenvalue weighted by molar-refractivity contribution is 5.90. The molecule has 2 aromatic carbocycles. The lowest BCUT2D eigenvalue weighted by atomic mass is 9.98. The third kappa shape index (κ3) is 4.87. The van der Waals surface area contributed by atoms with Gasteiger partial charge in [0.25, 0.3) is 0 Å². The quantitative estimate of drug-likeness (QED) is 0.600. The molecule has 3 rings (SSSR count). The molecule has 0 radical (unpaired) electrons. The number of carbonyl (C=O) groups excluding carboxylic acids is 2. The average Bonchev–Trinajstić information content (AvgIpc) is 3.05. The first-order chi connectivity index (χ1) is 14.7. The Labute approximate surface area is 181 Å². The molecule has 2 amide bonds. The first kappa shape index (κ1) is 22.3. The van der Waals surface area contributed by atoms with Gasteiger partial charge in [-0.2, -0.15) is 0 Å². The summed E-state index contributed by atoms with van der Waals surface area (Å²) in [6, 6.07) is 15.2. The third-order valence-electron chi connectivity index (χ3n) is 5.50. The molecule has 0 aromatic heterocycles. The Hall–Kier alpha value is -3.35. The summed E-state index contributed by atoms with van der Waals surface area (Å²) in [6.07, 6.45) is 0.296. The number of fused-ring (bicyclic) bond motifs is 3. The van der Waals surface area contributed by atoms with Gasteiger partial charge in [-0.25, -0.2) is 9.59 Å². The van der Waals surface area contributed by atoms with Crippen LogP contribution in [0.2, 0.25) is 0 Å². The lowest BCUT2D eigenvalue weighted by molar-refractivity contribution is -0.146. The number of benzene rings is 2. The topological polar surface area (TPSA) is 105 Å². The second-order valence-corrected chi connectivity index (χ2v) is 8.23. The molecule has 31 heavy (non-hydrogen) atoms. The largest absolute Gasteiger partial charge is 0.480 e. The standard InChI is InChI=1S/C24H28N2O5/c1-4-9-20(21(27)26-24(2,3)22(28)29)25-23(30)31-14-19-17-12-7-5-10-15(17)16-11-6-8-13-18(16)19/h5-8,10-13,19-20H,4,9,14H2,1-3H3,(H,25,30)(H,26,27)(H,28,29). The van der Waals surface area contributed by atoms with Gasteiger partial charge < -0.3 is 20.5 Å². The number of ether oxygens (including phenoxy) is 1. The van der Waals surface area contributed by atoms with Gasteiger partial charge in [0.15, 0.2) is 0 Å². The van der Waals surface area contributed by atoms with Crippen LogP contribution in [0.4, 0.5) is 4.79 Å². The zero-order valence-electron chi connectivity index (χ0n) is 18.0. The number of hydrogen-bond donors (Lipinski definition) is 3. The van der Waals surface area contributed by atoms with Crippen LogP contribution in [-0.2, 0) is 14.3 Å². The van der Waals surface area contributed by atoms with Crippen molar-refractivity contribution >= 4 is 18.0 Å². The molecule has 0 heterocycles. The SMILES string of the molecule is CCCC(NC(=O)OCC1c2ccccc2-c2ccccc21)C(=O)NC(C)(C)C(=O)O. The van der Waals surface area contributed by atoms with Crippen molar-refractivity contribution in [3.63, 3.8) is 0 Å². The molecule has 1 unspecified atom stereocenters. The highest BCUT2D eigenvalue weighted by atomic mass is 16.5. The van der Waals surface area contributed by atoms with Crippen LogP contribution in [0.25, 0.3) is 11.1 Å². The van der Waals surface area contributed by atoms with E-state index in [0.717, 1.165) is 22.3 Å². The molecule has 1 atom stereocenters. The van der Waals surface area contributed by atoms with E-state index in [9.17, 15) is 19.5 Å². The van der Waals surface area contributed by atoms with E-state index in [-0.39, 0.29) is 12.5 Å². The van der Waals surface area contributed by atoms with Crippen LogP contribution in [0.1, 0.15) is 50.7 Å². The highest BCUT2D eigenvalue weighted by Gasteiger charge is 2.33. The summed E-state index contributed by atoms with van der Waals surface area (Å²) in [5.74, 6) is -1.79. The fraction of sp³-hybridized carbons (Fsp3) is 0.375. The Morgan fingerprint density at radius 3 is 2.10 bits per heavy atom. The maximum Gasteiger partial charge on any atom is 0.407 e. The molecule has 1 aliphatic rings. The summed E-state index contributed by atoms with van der Waals surface area (Å²) in [5, 5.41) is 14.3. The van der Waals surface area contributed by atoms with Crippen molar-refractivity contribution in [3.05, 3.63) is 59.7 Å². The van der Waals surface area contributed by atoms with E-state index in [2.05, 4.69) is 22.8 Å². The van der Waals surface area contributed by atoms with Crippen LogP contribution in [-0.4, -0.2) is 41.3 Å². The molecule has 0 bridgehead atoms. The number of amides is 2. The average molecular weight is 424 g/mol. The van der Waals surface area contributed by atoms with Crippen LogP contribution >= 0.6 is 0 Å². The smallest absolute Gasteiger partial charge is 0.407 e. The number of carboxylic acids is 1. The van der Waals surface area contributed by atoms with Crippen LogP contribution in [0.5, 0.6) is 0 Å². The lowest BCUT2D eigenvalue weighted by Gasteiger charge is -2.25. The second-order valence-electron chi connectivity index (χ2n) is 8.23. The first-order valence-electron chi connectivity index (χ1n) is 10.4. The molecular weight excluding hydrogens is 396 g/mol. The van der Waals surface area contributed by atoms with Crippen molar-refractivity contribution in [2.45, 2.75) is 51.1 Å². The number of alkyl carbamates (subject to hydrolysis) is 1. The third-order valence-corrected chi connectivity index (χ3v) is 5.50. The van der Waals surface area contributed by atoms with Crippen molar-refractivity contribution in [1.82, 2.24) is 10.6 Å². The fourth-order valence-electron chi connectivity index (χ4n) is 3.79. The molecule has 1 aliphatic carbocycles. The van der Waals surface area contributed by atoms with Crippen molar-refractivity contribution in [3.8, 4) is 11.1 Å². The summed E-state index contributed by atoms with van der Waals surface area (Å²) in [5.41, 5.74) is 3.02. The van der Waals surface area contributed by atoms with Crippen LogP contribution in [0.3, 0.4) is 0 Å². The second kappa shape index (κ2) is 9.20. The van der Waals surface area contributed by atoms with Crippen LogP contribution in [0.15, 0.2) is 48.5 Å². The van der Waals surface area contributed by atoms with E-state index in [1.54, 1.807) is 0 Å². The number of carboxylic acid groups (broad SMARTS) is 1. The van der Waals surface area contributed by atoms with E-state index in [4.69, 9.17) is 4.74 Å². The minimum Gasteiger partial charge on any atom is -0.480 e. The Balaban J connectivity index is 1.66. The molecule has 0 aliphatic heterocycles. The van der Waals surface area contributed by atoms with Crippen molar-refractivity contribution in [2.24, 2.45) is 0 Å². The highest BCUT2D eigenvalue weighted by Crippen LogP contribution is 2.44. The number of aliphatic carboxylic acids is 1. The monoisotopic (exact) mass is 424 g/mol. The summed E-state index contributed by atoms with van der Waals surface area (Å²) in [7, 11) is 0. The van der Waals surface area contributed by atoms with Crippen molar-refractivity contribution in [2.75, 3.05) is 6.61 Å². The zero-order valence-corrected chi connectivity index (χ0v) is 18.0. The number of rotatable bonds is 8. The van der Waals surface area contributed by atoms with Crippen LogP contribution < -0.4 is 10.6 Å². The Bertz CT molecular complexity index is 940. The maximum absolute atomic E-state index is 12.5. The zero-order chi connectivity index (χ0) is 22.6. The predicted molar refractivity (Wildman–Crippen MR) is 117 cm³/mol. The van der Waals surface area contributed by atoms with E-state index in [1.165, 1.54) is 13.8 Å². The molecule has 0 saturated carbocycles. The molecule has 2 aromatic rings. The molecule has 164 valence electrons. The van der Waals surface area contributed by atoms with Crippen molar-refractivity contribution < 1.29 is 24.2 Å². The van der Waals surface area contributed by atoms with Gasteiger partial charge in [0.1, 0.15) is 18.2 Å². The van der Waals surface area contributed by atoms with Crippen molar-refractivity contribution in [1.29, 1.82) is 0 Å². The van der Waals surface area contributed by atoms with Gasteiger partial charge in [-0.05, 0) is 42.5 Å². The summed E-state index contributed by atoms with van der Waals surface area (Å²) in [6.45, 7) is 4.80. The molecule has 0 saturated heterocycles. The lowest BCUT2D eigenvalue weighted by Crippen LogP contribution is -2.56.